The Kier molecular flexibility index (Phi) is 2.83. The number of nitrogens with zero attached hydrogens (tertiary/aromatic N) is 4. The molecule has 0 atom stereocenters. The summed E-state index contributed by atoms with van der Waals surface area (Å²) in [4.78, 5) is 4.39. The molecule has 2 heterocycles. The Bertz CT molecular complexity index is 750. The Balaban J connectivity index is 2.34. The molecule has 2 aromatic heterocycles. The number of hydrogen-bond acceptors (Lipinski definition) is 4. The molecule has 1 aromatic carbocycles. The van der Waals surface area contributed by atoms with E-state index in [4.69, 9.17) is 17.3 Å². The summed E-state index contributed by atoms with van der Waals surface area (Å²) >= 11 is 6.19. The quantitative estimate of drug-likeness (QED) is 0.779. The van der Waals surface area contributed by atoms with Gasteiger partial charge in [-0.15, -0.1) is 5.10 Å². The van der Waals surface area contributed by atoms with E-state index in [-0.39, 0.29) is 0 Å². The summed E-state index contributed by atoms with van der Waals surface area (Å²) in [6, 6.07) is 7.50. The Morgan fingerprint density at radius 1 is 1.32 bits per heavy atom. The van der Waals surface area contributed by atoms with Crippen LogP contribution in [0.3, 0.4) is 0 Å². The van der Waals surface area contributed by atoms with E-state index in [1.165, 1.54) is 0 Å². The Morgan fingerprint density at radius 3 is 2.95 bits per heavy atom. The van der Waals surface area contributed by atoms with Crippen LogP contribution in [0.15, 0.2) is 30.5 Å². The van der Waals surface area contributed by atoms with Gasteiger partial charge in [-0.25, -0.2) is 4.68 Å². The number of nitrogens with two attached hydrogens (primary N) is 1. The standard InChI is InChI=1S/C13H12ClN5/c1-2-10-13(15)17-18-19(10)11-6-5-9(14)8-4-3-7-16-12(8)11/h3-7H,2,15H2,1H3. The van der Waals surface area contributed by atoms with E-state index in [1.54, 1.807) is 10.9 Å². The number of benzene rings is 1. The first-order valence-corrected chi connectivity index (χ1v) is 6.33. The summed E-state index contributed by atoms with van der Waals surface area (Å²) in [5.41, 5.74) is 8.31. The van der Waals surface area contributed by atoms with E-state index in [2.05, 4.69) is 15.3 Å². The number of rotatable bonds is 2. The van der Waals surface area contributed by atoms with E-state index < -0.39 is 0 Å². The molecule has 5 nitrogen and oxygen atoms in total. The van der Waals surface area contributed by atoms with E-state index in [1.807, 2.05) is 31.2 Å². The summed E-state index contributed by atoms with van der Waals surface area (Å²) in [6.45, 7) is 2.01. The van der Waals surface area contributed by atoms with E-state index >= 15 is 0 Å². The maximum Gasteiger partial charge on any atom is 0.169 e. The molecule has 0 saturated carbocycles. The van der Waals surface area contributed by atoms with Crippen molar-refractivity contribution in [3.63, 3.8) is 0 Å². The highest BCUT2D eigenvalue weighted by Crippen LogP contribution is 2.28. The van der Waals surface area contributed by atoms with E-state index in [9.17, 15) is 0 Å². The summed E-state index contributed by atoms with van der Waals surface area (Å²) < 4.78 is 1.72. The van der Waals surface area contributed by atoms with Crippen LogP contribution in [0.25, 0.3) is 16.6 Å². The lowest BCUT2D eigenvalue weighted by Gasteiger charge is -2.09. The summed E-state index contributed by atoms with van der Waals surface area (Å²) in [5.74, 6) is 0.446. The number of pyridine rings is 1. The lowest BCUT2D eigenvalue weighted by atomic mass is 10.2. The fourth-order valence-electron chi connectivity index (χ4n) is 2.13. The normalized spacial score (nSPS) is 11.1. The van der Waals surface area contributed by atoms with Crippen molar-refractivity contribution in [1.29, 1.82) is 0 Å². The van der Waals surface area contributed by atoms with Crippen LogP contribution in [0.4, 0.5) is 5.82 Å². The molecule has 0 bridgehead atoms. The minimum Gasteiger partial charge on any atom is -0.381 e. The number of halogens is 1. The zero-order valence-electron chi connectivity index (χ0n) is 10.3. The number of fused-ring (bicyclic) bond motifs is 1. The third-order valence-corrected chi connectivity index (χ3v) is 3.38. The van der Waals surface area contributed by atoms with Gasteiger partial charge in [0, 0.05) is 11.6 Å². The molecule has 0 spiro atoms. The molecular formula is C13H12ClN5. The maximum absolute atomic E-state index is 6.19. The molecule has 19 heavy (non-hydrogen) atoms. The van der Waals surface area contributed by atoms with Crippen molar-refractivity contribution in [3.8, 4) is 5.69 Å². The van der Waals surface area contributed by atoms with Gasteiger partial charge in [0.1, 0.15) is 0 Å². The fourth-order valence-corrected chi connectivity index (χ4v) is 2.35. The number of anilines is 1. The highest BCUT2D eigenvalue weighted by molar-refractivity contribution is 6.35. The van der Waals surface area contributed by atoms with Crippen molar-refractivity contribution >= 4 is 28.3 Å². The zero-order chi connectivity index (χ0) is 13.4. The zero-order valence-corrected chi connectivity index (χ0v) is 11.1. The fraction of sp³-hybridized carbons (Fsp3) is 0.154. The Hall–Kier alpha value is -2.14. The van der Waals surface area contributed by atoms with Crippen LogP contribution in [-0.4, -0.2) is 20.0 Å². The highest BCUT2D eigenvalue weighted by atomic mass is 35.5. The average molecular weight is 274 g/mol. The van der Waals surface area contributed by atoms with Crippen LogP contribution in [0.5, 0.6) is 0 Å². The second-order valence-corrected chi connectivity index (χ2v) is 4.56. The Morgan fingerprint density at radius 2 is 2.16 bits per heavy atom. The van der Waals surface area contributed by atoms with Crippen LogP contribution in [0.2, 0.25) is 5.02 Å². The lowest BCUT2D eigenvalue weighted by Crippen LogP contribution is -2.04. The van der Waals surface area contributed by atoms with Crippen molar-refractivity contribution in [1.82, 2.24) is 20.0 Å². The van der Waals surface area contributed by atoms with E-state index in [0.29, 0.717) is 10.8 Å². The van der Waals surface area contributed by atoms with Gasteiger partial charge in [0.15, 0.2) is 5.82 Å². The van der Waals surface area contributed by atoms with Crippen molar-refractivity contribution < 1.29 is 0 Å². The largest absolute Gasteiger partial charge is 0.381 e. The minimum atomic E-state index is 0.446. The smallest absolute Gasteiger partial charge is 0.169 e. The molecule has 2 N–H and O–H groups in total. The number of aromatic nitrogens is 4. The van der Waals surface area contributed by atoms with Crippen LogP contribution >= 0.6 is 11.6 Å². The van der Waals surface area contributed by atoms with Crippen molar-refractivity contribution in [3.05, 3.63) is 41.2 Å². The minimum absolute atomic E-state index is 0.446. The molecule has 0 aliphatic heterocycles. The van der Waals surface area contributed by atoms with Crippen LogP contribution in [-0.2, 0) is 6.42 Å². The molecule has 0 saturated heterocycles. The molecule has 0 aliphatic carbocycles. The van der Waals surface area contributed by atoms with Gasteiger partial charge in [0.25, 0.3) is 0 Å². The second-order valence-electron chi connectivity index (χ2n) is 4.15. The second kappa shape index (κ2) is 4.51. The van der Waals surface area contributed by atoms with Crippen molar-refractivity contribution in [2.45, 2.75) is 13.3 Å². The molecular weight excluding hydrogens is 262 g/mol. The highest BCUT2D eigenvalue weighted by Gasteiger charge is 2.14. The van der Waals surface area contributed by atoms with Crippen molar-refractivity contribution in [2.75, 3.05) is 5.73 Å². The molecule has 0 amide bonds. The van der Waals surface area contributed by atoms with Crippen molar-refractivity contribution in [2.24, 2.45) is 0 Å². The van der Waals surface area contributed by atoms with Crippen LogP contribution < -0.4 is 5.73 Å². The predicted molar refractivity (Wildman–Crippen MR) is 75.5 cm³/mol. The van der Waals surface area contributed by atoms with Gasteiger partial charge in [0.2, 0.25) is 0 Å². The monoisotopic (exact) mass is 273 g/mol. The molecule has 96 valence electrons. The van der Waals surface area contributed by atoms with Gasteiger partial charge < -0.3 is 5.73 Å². The van der Waals surface area contributed by atoms with Gasteiger partial charge in [-0.05, 0) is 30.7 Å². The molecule has 0 fully saturated rings. The number of hydrogen-bond donors (Lipinski definition) is 1. The third kappa shape index (κ3) is 1.82. The predicted octanol–water partition coefficient (Wildman–Crippen LogP) is 2.61. The van der Waals surface area contributed by atoms with Gasteiger partial charge >= 0.3 is 0 Å². The summed E-state index contributed by atoms with van der Waals surface area (Å²) in [7, 11) is 0. The van der Waals surface area contributed by atoms with Gasteiger partial charge in [-0.1, -0.05) is 23.7 Å². The van der Waals surface area contributed by atoms with Crippen LogP contribution in [0.1, 0.15) is 12.6 Å². The molecule has 3 rings (SSSR count). The first-order chi connectivity index (χ1) is 9.22. The maximum atomic E-state index is 6.19. The summed E-state index contributed by atoms with van der Waals surface area (Å²) in [6.07, 6.45) is 2.48. The molecule has 0 unspecified atom stereocenters. The SMILES string of the molecule is CCc1c(N)nnn1-c1ccc(Cl)c2cccnc12. The first kappa shape index (κ1) is 11.9. The van der Waals surface area contributed by atoms with E-state index in [0.717, 1.165) is 28.7 Å². The Labute approximate surface area is 115 Å². The molecule has 0 radical (unpaired) electrons. The molecule has 3 aromatic rings. The lowest BCUT2D eigenvalue weighted by molar-refractivity contribution is 0.770. The average Bonchev–Trinajstić information content (AvgIpc) is 2.80. The molecule has 6 heteroatoms. The number of nitrogen functional groups attached to an aromatic ring is 1. The first-order valence-electron chi connectivity index (χ1n) is 5.96. The topological polar surface area (TPSA) is 69.6 Å². The third-order valence-electron chi connectivity index (χ3n) is 3.05. The van der Waals surface area contributed by atoms with Gasteiger partial charge in [-0.2, -0.15) is 0 Å². The van der Waals surface area contributed by atoms with Gasteiger partial charge in [0.05, 0.1) is 21.9 Å². The summed E-state index contributed by atoms with van der Waals surface area (Å²) in [5, 5.41) is 9.57. The molecule has 0 aliphatic rings. The van der Waals surface area contributed by atoms with Gasteiger partial charge in [-0.3, -0.25) is 4.98 Å². The van der Waals surface area contributed by atoms with Crippen LogP contribution in [0, 0.1) is 0 Å².